The molecule has 0 bridgehead atoms. The molecule has 1 amide bonds. The Morgan fingerprint density at radius 3 is 2.50 bits per heavy atom. The van der Waals surface area contributed by atoms with E-state index in [2.05, 4.69) is 24.3 Å². The summed E-state index contributed by atoms with van der Waals surface area (Å²) in [5.41, 5.74) is 4.71. The van der Waals surface area contributed by atoms with Gasteiger partial charge in [0.2, 0.25) is 0 Å². The highest BCUT2D eigenvalue weighted by atomic mass is 35.5. The molecule has 0 fully saturated rings. The summed E-state index contributed by atoms with van der Waals surface area (Å²) in [6, 6.07) is 11.6. The number of carboxylic acids is 1. The Morgan fingerprint density at radius 2 is 1.88 bits per heavy atom. The van der Waals surface area contributed by atoms with Gasteiger partial charge in [-0.05, 0) is 63.1 Å². The van der Waals surface area contributed by atoms with Crippen molar-refractivity contribution in [1.29, 1.82) is 0 Å². The molecule has 0 aliphatic carbocycles. The van der Waals surface area contributed by atoms with Gasteiger partial charge in [0.1, 0.15) is 0 Å². The van der Waals surface area contributed by atoms with Crippen molar-refractivity contribution in [3.63, 3.8) is 0 Å². The number of hydrogen-bond acceptors (Lipinski definition) is 4. The van der Waals surface area contributed by atoms with Crippen LogP contribution in [-0.2, 0) is 13.0 Å². The van der Waals surface area contributed by atoms with E-state index in [1.165, 1.54) is 11.6 Å². The van der Waals surface area contributed by atoms with Gasteiger partial charge in [-0.2, -0.15) is 5.10 Å². The van der Waals surface area contributed by atoms with Crippen LogP contribution in [0.4, 0.5) is 11.4 Å². The smallest absolute Gasteiger partial charge is 0.337 e. The lowest BCUT2D eigenvalue weighted by atomic mass is 10.1. The van der Waals surface area contributed by atoms with Gasteiger partial charge in [0.05, 0.1) is 27.5 Å². The molecular weight excluding hydrogens is 428 g/mol. The third-order valence-electron chi connectivity index (χ3n) is 5.54. The second kappa shape index (κ2) is 9.87. The fourth-order valence-corrected chi connectivity index (χ4v) is 3.99. The number of benzene rings is 2. The number of hydrogen-bond donors (Lipinski definition) is 2. The molecule has 3 aromatic rings. The van der Waals surface area contributed by atoms with E-state index < -0.39 is 11.9 Å². The highest BCUT2D eigenvalue weighted by Gasteiger charge is 2.18. The van der Waals surface area contributed by atoms with Crippen LogP contribution in [0.5, 0.6) is 0 Å². The van der Waals surface area contributed by atoms with Crippen LogP contribution in [0.15, 0.2) is 42.5 Å². The van der Waals surface area contributed by atoms with Gasteiger partial charge in [-0.25, -0.2) is 4.79 Å². The molecule has 7 nitrogen and oxygen atoms in total. The van der Waals surface area contributed by atoms with Gasteiger partial charge < -0.3 is 15.3 Å². The first-order valence-corrected chi connectivity index (χ1v) is 10.8. The Labute approximate surface area is 192 Å². The van der Waals surface area contributed by atoms with E-state index in [4.69, 9.17) is 11.6 Å². The number of halogens is 1. The Morgan fingerprint density at radius 1 is 1.16 bits per heavy atom. The minimum Gasteiger partial charge on any atom is -0.478 e. The van der Waals surface area contributed by atoms with E-state index in [1.807, 2.05) is 23.6 Å². The summed E-state index contributed by atoms with van der Waals surface area (Å²) < 4.78 is 1.98. The summed E-state index contributed by atoms with van der Waals surface area (Å²) in [4.78, 5) is 26.4. The number of aryl methyl sites for hydroxylation is 2. The molecule has 3 rings (SSSR count). The molecule has 0 saturated heterocycles. The Hall–Kier alpha value is -3.32. The molecule has 32 heavy (non-hydrogen) atoms. The minimum absolute atomic E-state index is 0.113. The normalized spacial score (nSPS) is 10.8. The number of amides is 1. The first-order valence-electron chi connectivity index (χ1n) is 10.4. The van der Waals surface area contributed by atoms with Crippen LogP contribution < -0.4 is 10.2 Å². The van der Waals surface area contributed by atoms with Gasteiger partial charge in [-0.3, -0.25) is 9.48 Å². The van der Waals surface area contributed by atoms with Crippen LogP contribution in [0, 0.1) is 13.8 Å². The molecule has 0 atom stereocenters. The number of carbonyl (C=O) groups is 2. The highest BCUT2D eigenvalue weighted by Crippen LogP contribution is 2.26. The molecule has 2 aromatic carbocycles. The third kappa shape index (κ3) is 4.94. The van der Waals surface area contributed by atoms with Crippen molar-refractivity contribution < 1.29 is 14.7 Å². The van der Waals surface area contributed by atoms with Crippen LogP contribution in [0.3, 0.4) is 0 Å². The average Bonchev–Trinajstić information content (AvgIpc) is 3.04. The van der Waals surface area contributed by atoms with Crippen molar-refractivity contribution in [3.8, 4) is 0 Å². The van der Waals surface area contributed by atoms with Crippen molar-refractivity contribution in [3.05, 3.63) is 75.6 Å². The Balaban J connectivity index is 1.78. The summed E-state index contributed by atoms with van der Waals surface area (Å²) in [5, 5.41) is 17.4. The molecule has 0 unspecified atom stereocenters. The van der Waals surface area contributed by atoms with E-state index in [1.54, 1.807) is 36.4 Å². The molecule has 8 heteroatoms. The minimum atomic E-state index is -1.06. The van der Waals surface area contributed by atoms with Gasteiger partial charge in [0.15, 0.2) is 0 Å². The molecule has 1 aromatic heterocycles. The van der Waals surface area contributed by atoms with E-state index in [9.17, 15) is 14.7 Å². The summed E-state index contributed by atoms with van der Waals surface area (Å²) in [5.74, 6) is -1.46. The van der Waals surface area contributed by atoms with Crippen LogP contribution in [0.25, 0.3) is 0 Å². The van der Waals surface area contributed by atoms with Crippen molar-refractivity contribution in [1.82, 2.24) is 9.78 Å². The fraction of sp³-hybridized carbons (Fsp3) is 0.292. The number of carbonyl (C=O) groups excluding carboxylic acids is 1. The predicted octanol–water partition coefficient (Wildman–Crippen LogP) is 4.80. The number of anilines is 2. The largest absolute Gasteiger partial charge is 0.478 e. The lowest BCUT2D eigenvalue weighted by Crippen LogP contribution is -2.23. The summed E-state index contributed by atoms with van der Waals surface area (Å²) in [6.45, 7) is 7.54. The van der Waals surface area contributed by atoms with Crippen molar-refractivity contribution in [2.75, 3.05) is 23.8 Å². The number of nitrogens with zero attached hydrogens (tertiary/aromatic N) is 3. The topological polar surface area (TPSA) is 87.5 Å². The van der Waals surface area contributed by atoms with Gasteiger partial charge >= 0.3 is 5.97 Å². The molecule has 0 aliphatic heterocycles. The second-order valence-electron chi connectivity index (χ2n) is 7.61. The van der Waals surface area contributed by atoms with Gasteiger partial charge in [0, 0.05) is 31.5 Å². The maximum Gasteiger partial charge on any atom is 0.337 e. The van der Waals surface area contributed by atoms with Crippen molar-refractivity contribution in [2.24, 2.45) is 0 Å². The zero-order valence-corrected chi connectivity index (χ0v) is 19.4. The zero-order valence-electron chi connectivity index (χ0n) is 18.6. The Bertz CT molecular complexity index is 1160. The molecule has 0 radical (unpaired) electrons. The summed E-state index contributed by atoms with van der Waals surface area (Å²) >= 11 is 6.08. The van der Waals surface area contributed by atoms with Crippen LogP contribution in [-0.4, -0.2) is 40.4 Å². The number of carboxylic acid groups (broad SMARTS) is 1. The molecule has 0 aliphatic rings. The third-order valence-corrected chi connectivity index (χ3v) is 5.87. The Kier molecular flexibility index (Phi) is 7.20. The van der Waals surface area contributed by atoms with Crippen molar-refractivity contribution in [2.45, 2.75) is 33.7 Å². The maximum absolute atomic E-state index is 12.5. The molecular formula is C24H27ClN4O3. The second-order valence-corrected chi connectivity index (χ2v) is 8.01. The van der Waals surface area contributed by atoms with Crippen LogP contribution in [0.2, 0.25) is 5.02 Å². The summed E-state index contributed by atoms with van der Waals surface area (Å²) in [6.07, 6.45) is 0.748. The van der Waals surface area contributed by atoms with E-state index in [0.29, 0.717) is 28.5 Å². The average molecular weight is 455 g/mol. The van der Waals surface area contributed by atoms with Crippen LogP contribution >= 0.6 is 11.6 Å². The van der Waals surface area contributed by atoms with Crippen LogP contribution in [0.1, 0.15) is 44.6 Å². The fourth-order valence-electron chi connectivity index (χ4n) is 3.77. The summed E-state index contributed by atoms with van der Waals surface area (Å²) in [7, 11) is 1.86. The lowest BCUT2D eigenvalue weighted by Gasteiger charge is -2.22. The van der Waals surface area contributed by atoms with E-state index in [-0.39, 0.29) is 5.56 Å². The number of likely N-dealkylation sites (N-methyl/N-ethyl adjacent to an activating group) is 1. The first kappa shape index (κ1) is 23.3. The van der Waals surface area contributed by atoms with Gasteiger partial charge in [-0.1, -0.05) is 23.7 Å². The number of rotatable bonds is 8. The predicted molar refractivity (Wildman–Crippen MR) is 127 cm³/mol. The lowest BCUT2D eigenvalue weighted by molar-refractivity contribution is 0.0697. The SMILES string of the molecule is CCn1nc(C)c(CCN(C)c2ccc(NC(=O)c3ccccc3Cl)cc2C(=O)O)c1C. The quantitative estimate of drug-likeness (QED) is 0.510. The van der Waals surface area contributed by atoms with Crippen molar-refractivity contribution >= 4 is 34.9 Å². The number of aromatic nitrogens is 2. The zero-order chi connectivity index (χ0) is 23.4. The highest BCUT2D eigenvalue weighted by molar-refractivity contribution is 6.34. The molecule has 2 N–H and O–H groups in total. The number of aromatic carboxylic acids is 1. The van der Waals surface area contributed by atoms with E-state index in [0.717, 1.165) is 24.4 Å². The molecule has 168 valence electrons. The van der Waals surface area contributed by atoms with E-state index >= 15 is 0 Å². The maximum atomic E-state index is 12.5. The standard InChI is InChI=1S/C24H27ClN4O3/c1-5-29-16(3)18(15(2)27-29)12-13-28(4)22-11-10-17(14-20(22)24(31)32)26-23(30)19-8-6-7-9-21(19)25/h6-11,14H,5,12-13H2,1-4H3,(H,26,30)(H,31,32). The molecule has 0 saturated carbocycles. The van der Waals surface area contributed by atoms with Gasteiger partial charge in [-0.15, -0.1) is 0 Å². The molecule has 1 heterocycles. The van der Waals surface area contributed by atoms with Gasteiger partial charge in [0.25, 0.3) is 5.91 Å². The first-order chi connectivity index (χ1) is 15.2. The number of nitrogens with one attached hydrogen (secondary N) is 1. The molecule has 0 spiro atoms. The monoisotopic (exact) mass is 454 g/mol.